The second-order valence-corrected chi connectivity index (χ2v) is 5.58. The van der Waals surface area contributed by atoms with E-state index in [4.69, 9.17) is 10.5 Å². The van der Waals surface area contributed by atoms with Crippen LogP contribution in [0.15, 0.2) is 30.3 Å². The van der Waals surface area contributed by atoms with Gasteiger partial charge in [-0.25, -0.2) is 0 Å². The number of amides is 1. The van der Waals surface area contributed by atoms with Crippen molar-refractivity contribution in [2.75, 3.05) is 0 Å². The first-order valence-corrected chi connectivity index (χ1v) is 6.33. The summed E-state index contributed by atoms with van der Waals surface area (Å²) in [5.74, 6) is -1.40. The summed E-state index contributed by atoms with van der Waals surface area (Å²) < 4.78 is 5.21. The van der Waals surface area contributed by atoms with Crippen molar-refractivity contribution in [3.63, 3.8) is 0 Å². The normalized spacial score (nSPS) is 12.8. The van der Waals surface area contributed by atoms with E-state index in [0.717, 1.165) is 5.56 Å². The van der Waals surface area contributed by atoms with Crippen LogP contribution >= 0.6 is 0 Å². The molecule has 1 aromatic rings. The van der Waals surface area contributed by atoms with Gasteiger partial charge in [0.05, 0.1) is 12.3 Å². The Labute approximate surface area is 113 Å². The van der Waals surface area contributed by atoms with Crippen molar-refractivity contribution in [2.24, 2.45) is 11.7 Å². The Morgan fingerprint density at radius 1 is 1.21 bits per heavy atom. The van der Waals surface area contributed by atoms with Crippen LogP contribution in [0.4, 0.5) is 0 Å². The van der Waals surface area contributed by atoms with E-state index in [9.17, 15) is 9.59 Å². The van der Waals surface area contributed by atoms with Crippen LogP contribution in [-0.2, 0) is 20.7 Å². The van der Waals surface area contributed by atoms with Crippen molar-refractivity contribution in [1.82, 2.24) is 0 Å². The SMILES string of the molecule is CC(C)(C)OC(=O)C[C@H](Cc1ccccc1)C(N)=O. The van der Waals surface area contributed by atoms with E-state index in [2.05, 4.69) is 0 Å². The van der Waals surface area contributed by atoms with Gasteiger partial charge in [-0.1, -0.05) is 30.3 Å². The zero-order valence-corrected chi connectivity index (χ0v) is 11.7. The Hall–Kier alpha value is -1.84. The second kappa shape index (κ2) is 6.36. The fraction of sp³-hybridized carbons (Fsp3) is 0.467. The van der Waals surface area contributed by atoms with Gasteiger partial charge >= 0.3 is 5.97 Å². The van der Waals surface area contributed by atoms with Gasteiger partial charge in [0.15, 0.2) is 0 Å². The van der Waals surface area contributed by atoms with Gasteiger partial charge < -0.3 is 10.5 Å². The number of carbonyl (C=O) groups excluding carboxylic acids is 2. The lowest BCUT2D eigenvalue weighted by Gasteiger charge is -2.21. The van der Waals surface area contributed by atoms with Gasteiger partial charge in [0.2, 0.25) is 5.91 Å². The fourth-order valence-electron chi connectivity index (χ4n) is 1.76. The molecule has 0 aliphatic rings. The van der Waals surface area contributed by atoms with E-state index in [0.29, 0.717) is 6.42 Å². The third-order valence-electron chi connectivity index (χ3n) is 2.56. The maximum atomic E-state index is 11.7. The Balaban J connectivity index is 2.64. The minimum absolute atomic E-state index is 0.0154. The zero-order valence-electron chi connectivity index (χ0n) is 11.7. The topological polar surface area (TPSA) is 69.4 Å². The molecule has 0 aromatic heterocycles. The summed E-state index contributed by atoms with van der Waals surface area (Å²) in [6.45, 7) is 5.38. The minimum atomic E-state index is -0.550. The highest BCUT2D eigenvalue weighted by Crippen LogP contribution is 2.16. The molecule has 0 saturated heterocycles. The molecule has 1 atom stereocenters. The van der Waals surface area contributed by atoms with Gasteiger partial charge in [-0.05, 0) is 32.8 Å². The first-order valence-electron chi connectivity index (χ1n) is 6.33. The van der Waals surface area contributed by atoms with Crippen LogP contribution in [0.25, 0.3) is 0 Å². The average molecular weight is 263 g/mol. The van der Waals surface area contributed by atoms with Crippen LogP contribution < -0.4 is 5.73 Å². The molecule has 1 aromatic carbocycles. The van der Waals surface area contributed by atoms with Crippen LogP contribution in [0.1, 0.15) is 32.8 Å². The summed E-state index contributed by atoms with van der Waals surface area (Å²) in [4.78, 5) is 23.2. The molecule has 0 bridgehead atoms. The number of carbonyl (C=O) groups is 2. The molecule has 0 fully saturated rings. The van der Waals surface area contributed by atoms with E-state index >= 15 is 0 Å². The average Bonchev–Trinajstić information content (AvgIpc) is 2.26. The maximum Gasteiger partial charge on any atom is 0.307 e. The molecule has 0 spiro atoms. The van der Waals surface area contributed by atoms with Crippen molar-refractivity contribution >= 4 is 11.9 Å². The van der Waals surface area contributed by atoms with E-state index in [1.54, 1.807) is 20.8 Å². The van der Waals surface area contributed by atoms with Crippen molar-refractivity contribution < 1.29 is 14.3 Å². The van der Waals surface area contributed by atoms with Crippen LogP contribution in [-0.4, -0.2) is 17.5 Å². The van der Waals surface area contributed by atoms with Crippen LogP contribution in [0, 0.1) is 5.92 Å². The predicted molar refractivity (Wildman–Crippen MR) is 73.3 cm³/mol. The van der Waals surface area contributed by atoms with E-state index in [-0.39, 0.29) is 6.42 Å². The third-order valence-corrected chi connectivity index (χ3v) is 2.56. The molecule has 1 rings (SSSR count). The van der Waals surface area contributed by atoms with Gasteiger partial charge in [0.1, 0.15) is 5.60 Å². The third kappa shape index (κ3) is 6.04. The lowest BCUT2D eigenvalue weighted by Crippen LogP contribution is -2.31. The maximum absolute atomic E-state index is 11.7. The summed E-state index contributed by atoms with van der Waals surface area (Å²) in [7, 11) is 0. The Kier molecular flexibility index (Phi) is 5.10. The summed E-state index contributed by atoms with van der Waals surface area (Å²) >= 11 is 0. The minimum Gasteiger partial charge on any atom is -0.460 e. The van der Waals surface area contributed by atoms with Gasteiger partial charge in [-0.2, -0.15) is 0 Å². The molecule has 0 unspecified atom stereocenters. The first kappa shape index (κ1) is 15.2. The summed E-state index contributed by atoms with van der Waals surface area (Å²) in [6.07, 6.45) is 0.469. The van der Waals surface area contributed by atoms with Gasteiger partial charge in [-0.3, -0.25) is 9.59 Å². The van der Waals surface area contributed by atoms with Gasteiger partial charge in [0.25, 0.3) is 0 Å². The van der Waals surface area contributed by atoms with Crippen LogP contribution in [0.2, 0.25) is 0 Å². The smallest absolute Gasteiger partial charge is 0.307 e. The predicted octanol–water partition coefficient (Wildman–Crippen LogP) is 2.06. The van der Waals surface area contributed by atoms with Crippen molar-refractivity contribution in [1.29, 1.82) is 0 Å². The summed E-state index contributed by atoms with van der Waals surface area (Å²) in [5, 5.41) is 0. The lowest BCUT2D eigenvalue weighted by atomic mass is 9.95. The quantitative estimate of drug-likeness (QED) is 0.827. The molecule has 0 aliphatic heterocycles. The van der Waals surface area contributed by atoms with Crippen molar-refractivity contribution in [3.8, 4) is 0 Å². The van der Waals surface area contributed by atoms with E-state index < -0.39 is 23.4 Å². The lowest BCUT2D eigenvalue weighted by molar-refractivity contribution is -0.157. The van der Waals surface area contributed by atoms with E-state index in [1.807, 2.05) is 30.3 Å². The van der Waals surface area contributed by atoms with Gasteiger partial charge in [-0.15, -0.1) is 0 Å². The van der Waals surface area contributed by atoms with Crippen molar-refractivity contribution in [2.45, 2.75) is 39.2 Å². The first-order chi connectivity index (χ1) is 8.78. The molecule has 19 heavy (non-hydrogen) atoms. The van der Waals surface area contributed by atoms with Crippen LogP contribution in [0.3, 0.4) is 0 Å². The Morgan fingerprint density at radius 3 is 2.26 bits per heavy atom. The molecule has 4 heteroatoms. The Bertz CT molecular complexity index is 434. The number of hydrogen-bond acceptors (Lipinski definition) is 3. The number of benzene rings is 1. The van der Waals surface area contributed by atoms with E-state index in [1.165, 1.54) is 0 Å². The zero-order chi connectivity index (χ0) is 14.5. The largest absolute Gasteiger partial charge is 0.460 e. The van der Waals surface area contributed by atoms with Crippen molar-refractivity contribution in [3.05, 3.63) is 35.9 Å². The molecule has 104 valence electrons. The molecule has 0 radical (unpaired) electrons. The molecule has 1 amide bonds. The second-order valence-electron chi connectivity index (χ2n) is 5.58. The Morgan fingerprint density at radius 2 is 1.79 bits per heavy atom. The highest BCUT2D eigenvalue weighted by molar-refractivity contribution is 5.82. The molecule has 0 saturated carbocycles. The fourth-order valence-corrected chi connectivity index (χ4v) is 1.76. The number of nitrogens with two attached hydrogens (primary N) is 1. The molecule has 0 heterocycles. The number of esters is 1. The number of primary amides is 1. The molecule has 0 aliphatic carbocycles. The summed E-state index contributed by atoms with van der Waals surface area (Å²) in [5.41, 5.74) is 5.78. The monoisotopic (exact) mass is 263 g/mol. The molecule has 2 N–H and O–H groups in total. The van der Waals surface area contributed by atoms with Crippen LogP contribution in [0.5, 0.6) is 0 Å². The number of rotatable bonds is 5. The highest BCUT2D eigenvalue weighted by Gasteiger charge is 2.24. The highest BCUT2D eigenvalue weighted by atomic mass is 16.6. The summed E-state index contributed by atoms with van der Waals surface area (Å²) in [6, 6.07) is 9.49. The number of hydrogen-bond donors (Lipinski definition) is 1. The van der Waals surface area contributed by atoms with Gasteiger partial charge in [0, 0.05) is 0 Å². The molecule has 4 nitrogen and oxygen atoms in total. The number of ether oxygens (including phenoxy) is 1. The molecular formula is C15H21NO3. The standard InChI is InChI=1S/C15H21NO3/c1-15(2,3)19-13(17)10-12(14(16)18)9-11-7-5-4-6-8-11/h4-8,12H,9-10H2,1-3H3,(H2,16,18)/t12-/m0/s1. The molecular weight excluding hydrogens is 242 g/mol.